The van der Waals surface area contributed by atoms with E-state index in [1.807, 2.05) is 13.0 Å². The normalized spacial score (nSPS) is 25.1. The first-order valence-corrected chi connectivity index (χ1v) is 10.2. The van der Waals surface area contributed by atoms with Crippen molar-refractivity contribution in [3.8, 4) is 5.75 Å². The van der Waals surface area contributed by atoms with E-state index >= 15 is 0 Å². The van der Waals surface area contributed by atoms with Gasteiger partial charge in [-0.2, -0.15) is 0 Å². The third-order valence-corrected chi connectivity index (χ3v) is 5.78. The first kappa shape index (κ1) is 22.8. The van der Waals surface area contributed by atoms with Crippen molar-refractivity contribution in [2.24, 2.45) is 11.8 Å². The van der Waals surface area contributed by atoms with E-state index in [2.05, 4.69) is 10.1 Å². The lowest BCUT2D eigenvalue weighted by atomic mass is 9.78. The molecule has 2 aliphatic rings. The zero-order chi connectivity index (χ0) is 22.4. The van der Waals surface area contributed by atoms with E-state index in [1.54, 1.807) is 24.3 Å². The summed E-state index contributed by atoms with van der Waals surface area (Å²) >= 11 is 0. The molecule has 1 aromatic carbocycles. The molecule has 4 atom stereocenters. The topological polar surface area (TPSA) is 122 Å². The second-order valence-electron chi connectivity index (χ2n) is 7.97. The Labute approximate surface area is 180 Å². The van der Waals surface area contributed by atoms with Crippen LogP contribution in [0.15, 0.2) is 34.9 Å². The minimum atomic E-state index is -0.492. The standard InChI is InChI=1S/C21H26N2O5.CH2O2/c1-13-7-18(28-22-13)12-23-10-15-8-19(24)20(9-16(15)11-23)27-17-5-3-14(4-6-17)21(25)26-2;2-1-3/h3-7,15-16,19-20,24H,8-12H2,1-2H3;1H,(H,2,3)/t15-,16+,19-,20-;/m0./s1. The monoisotopic (exact) mass is 432 g/mol. The van der Waals surface area contributed by atoms with E-state index in [4.69, 9.17) is 23.9 Å². The number of aliphatic hydroxyl groups excluding tert-OH is 1. The van der Waals surface area contributed by atoms with Gasteiger partial charge < -0.3 is 24.2 Å². The Balaban J connectivity index is 0.000000858. The minimum absolute atomic E-state index is 0.238. The van der Waals surface area contributed by atoms with Crippen LogP contribution in [-0.2, 0) is 16.1 Å². The highest BCUT2D eigenvalue weighted by atomic mass is 16.5. The van der Waals surface area contributed by atoms with E-state index in [9.17, 15) is 9.90 Å². The highest BCUT2D eigenvalue weighted by Crippen LogP contribution is 2.38. The van der Waals surface area contributed by atoms with Crippen LogP contribution in [0.1, 0.15) is 34.7 Å². The fraction of sp³-hybridized carbons (Fsp3) is 0.500. The van der Waals surface area contributed by atoms with Crippen LogP contribution in [0.2, 0.25) is 0 Å². The third-order valence-electron chi connectivity index (χ3n) is 5.78. The Kier molecular flexibility index (Phi) is 7.64. The number of carbonyl (C=O) groups is 2. The molecule has 1 saturated heterocycles. The molecule has 168 valence electrons. The zero-order valence-electron chi connectivity index (χ0n) is 17.6. The molecule has 9 nitrogen and oxygen atoms in total. The predicted octanol–water partition coefficient (Wildman–Crippen LogP) is 2.12. The Morgan fingerprint density at radius 1 is 1.26 bits per heavy atom. The van der Waals surface area contributed by atoms with Crippen molar-refractivity contribution < 1.29 is 33.8 Å². The largest absolute Gasteiger partial charge is 0.488 e. The lowest BCUT2D eigenvalue weighted by Gasteiger charge is -2.35. The van der Waals surface area contributed by atoms with E-state index in [-0.39, 0.29) is 18.5 Å². The summed E-state index contributed by atoms with van der Waals surface area (Å²) in [6, 6.07) is 8.82. The zero-order valence-corrected chi connectivity index (χ0v) is 17.6. The van der Waals surface area contributed by atoms with Gasteiger partial charge in [-0.1, -0.05) is 5.16 Å². The van der Waals surface area contributed by atoms with Crippen LogP contribution in [0.4, 0.5) is 0 Å². The Hall–Kier alpha value is -2.91. The molecule has 0 unspecified atom stereocenters. The maximum Gasteiger partial charge on any atom is 0.337 e. The van der Waals surface area contributed by atoms with Crippen molar-refractivity contribution in [1.82, 2.24) is 10.1 Å². The van der Waals surface area contributed by atoms with Crippen LogP contribution >= 0.6 is 0 Å². The number of hydrogen-bond donors (Lipinski definition) is 2. The number of hydrogen-bond acceptors (Lipinski definition) is 8. The number of aryl methyl sites for hydroxylation is 1. The first-order chi connectivity index (χ1) is 14.9. The number of likely N-dealkylation sites (tertiary alicyclic amines) is 1. The van der Waals surface area contributed by atoms with Crippen molar-refractivity contribution in [3.05, 3.63) is 47.3 Å². The number of nitrogens with zero attached hydrogens (tertiary/aromatic N) is 2. The van der Waals surface area contributed by atoms with Crippen LogP contribution in [0.3, 0.4) is 0 Å². The molecule has 4 rings (SSSR count). The number of aromatic nitrogens is 1. The van der Waals surface area contributed by atoms with Crippen molar-refractivity contribution in [3.63, 3.8) is 0 Å². The van der Waals surface area contributed by atoms with Gasteiger partial charge in [-0.15, -0.1) is 0 Å². The third kappa shape index (κ3) is 5.83. The fourth-order valence-corrected chi connectivity index (χ4v) is 4.42. The summed E-state index contributed by atoms with van der Waals surface area (Å²) in [5, 5.41) is 21.4. The van der Waals surface area contributed by atoms with Gasteiger partial charge in [0.2, 0.25) is 0 Å². The Bertz CT molecular complexity index is 867. The SMILES string of the molecule is COC(=O)c1ccc(O[C@H]2C[C@@H]3CN(Cc4cc(C)no4)C[C@@H]3C[C@@H]2O)cc1.O=CO. The van der Waals surface area contributed by atoms with Crippen LogP contribution < -0.4 is 4.74 Å². The number of rotatable bonds is 5. The molecule has 1 saturated carbocycles. The first-order valence-electron chi connectivity index (χ1n) is 10.2. The van der Waals surface area contributed by atoms with E-state index in [0.717, 1.165) is 43.9 Å². The second kappa shape index (κ2) is 10.4. The molecule has 0 bridgehead atoms. The second-order valence-corrected chi connectivity index (χ2v) is 7.97. The highest BCUT2D eigenvalue weighted by molar-refractivity contribution is 5.89. The number of fused-ring (bicyclic) bond motifs is 1. The number of aliphatic hydroxyl groups is 1. The number of carboxylic acid groups (broad SMARTS) is 1. The van der Waals surface area contributed by atoms with Crippen LogP contribution in [-0.4, -0.2) is 65.1 Å². The van der Waals surface area contributed by atoms with Gasteiger partial charge in [0, 0.05) is 19.2 Å². The molecule has 9 heteroatoms. The summed E-state index contributed by atoms with van der Waals surface area (Å²) in [7, 11) is 1.36. The molecule has 0 spiro atoms. The maximum atomic E-state index is 11.5. The van der Waals surface area contributed by atoms with Gasteiger partial charge in [-0.3, -0.25) is 9.69 Å². The summed E-state index contributed by atoms with van der Waals surface area (Å²) < 4.78 is 16.1. The predicted molar refractivity (Wildman–Crippen MR) is 110 cm³/mol. The summed E-state index contributed by atoms with van der Waals surface area (Å²) in [5.74, 6) is 2.13. The van der Waals surface area contributed by atoms with Crippen LogP contribution in [0, 0.1) is 18.8 Å². The van der Waals surface area contributed by atoms with Crippen molar-refractivity contribution in [2.45, 2.75) is 38.5 Å². The van der Waals surface area contributed by atoms with Gasteiger partial charge in [0.25, 0.3) is 6.47 Å². The van der Waals surface area contributed by atoms with Crippen molar-refractivity contribution >= 4 is 12.4 Å². The molecule has 2 N–H and O–H groups in total. The van der Waals surface area contributed by atoms with Gasteiger partial charge in [-0.25, -0.2) is 4.79 Å². The summed E-state index contributed by atoms with van der Waals surface area (Å²) in [4.78, 5) is 22.3. The van der Waals surface area contributed by atoms with Gasteiger partial charge in [0.15, 0.2) is 5.76 Å². The highest BCUT2D eigenvalue weighted by Gasteiger charge is 2.42. The van der Waals surface area contributed by atoms with Crippen LogP contribution in [0.25, 0.3) is 0 Å². The van der Waals surface area contributed by atoms with Gasteiger partial charge in [0.05, 0.1) is 31.0 Å². The number of esters is 1. The fourth-order valence-electron chi connectivity index (χ4n) is 4.42. The maximum absolute atomic E-state index is 11.5. The van der Waals surface area contributed by atoms with E-state index in [1.165, 1.54) is 7.11 Å². The Morgan fingerprint density at radius 2 is 1.90 bits per heavy atom. The van der Waals surface area contributed by atoms with E-state index in [0.29, 0.717) is 23.1 Å². The lowest BCUT2D eigenvalue weighted by Crippen LogP contribution is -2.42. The molecular weight excluding hydrogens is 404 g/mol. The number of benzene rings is 1. The van der Waals surface area contributed by atoms with Gasteiger partial charge >= 0.3 is 5.97 Å². The molecule has 1 aromatic heterocycles. The average molecular weight is 432 g/mol. The molecule has 2 fully saturated rings. The van der Waals surface area contributed by atoms with Crippen molar-refractivity contribution in [1.29, 1.82) is 0 Å². The molecule has 1 aliphatic heterocycles. The number of ether oxygens (including phenoxy) is 2. The molecular formula is C22H28N2O7. The average Bonchev–Trinajstić information content (AvgIpc) is 3.33. The number of methoxy groups -OCH3 is 1. The summed E-state index contributed by atoms with van der Waals surface area (Å²) in [5.41, 5.74) is 1.38. The number of carbonyl (C=O) groups excluding carboxylic acids is 1. The molecule has 0 radical (unpaired) electrons. The summed E-state index contributed by atoms with van der Waals surface area (Å²) in [6.45, 7) is 4.36. The minimum Gasteiger partial charge on any atom is -0.488 e. The molecule has 31 heavy (non-hydrogen) atoms. The molecule has 2 aromatic rings. The molecule has 2 heterocycles. The van der Waals surface area contributed by atoms with Gasteiger partial charge in [0.1, 0.15) is 11.9 Å². The van der Waals surface area contributed by atoms with Crippen molar-refractivity contribution in [2.75, 3.05) is 20.2 Å². The summed E-state index contributed by atoms with van der Waals surface area (Å²) in [6.07, 6.45) is 0.824. The van der Waals surface area contributed by atoms with E-state index < -0.39 is 6.10 Å². The lowest BCUT2D eigenvalue weighted by molar-refractivity contribution is -0.122. The molecule has 0 amide bonds. The quantitative estimate of drug-likeness (QED) is 0.540. The van der Waals surface area contributed by atoms with Crippen LogP contribution in [0.5, 0.6) is 5.75 Å². The Morgan fingerprint density at radius 3 is 2.48 bits per heavy atom. The van der Waals surface area contributed by atoms with Gasteiger partial charge in [-0.05, 0) is 55.9 Å². The smallest absolute Gasteiger partial charge is 0.337 e. The molecule has 1 aliphatic carbocycles.